The number of imidazole rings is 1. The summed E-state index contributed by atoms with van der Waals surface area (Å²) >= 11 is 1.71. The molecule has 4 rings (SSSR count). The van der Waals surface area contributed by atoms with Crippen LogP contribution in [0.4, 0.5) is 11.8 Å². The van der Waals surface area contributed by atoms with Gasteiger partial charge in [0.05, 0.1) is 10.7 Å². The van der Waals surface area contributed by atoms with Crippen LogP contribution in [0.1, 0.15) is 35.3 Å². The van der Waals surface area contributed by atoms with Crippen LogP contribution in [-0.4, -0.2) is 42.9 Å². The molecule has 4 heterocycles. The maximum absolute atomic E-state index is 5.89. The minimum absolute atomic E-state index is 0.159. The van der Waals surface area contributed by atoms with Gasteiger partial charge in [0.2, 0.25) is 5.95 Å². The van der Waals surface area contributed by atoms with Gasteiger partial charge in [0, 0.05) is 17.8 Å². The van der Waals surface area contributed by atoms with E-state index in [1.165, 1.54) is 5.69 Å². The molecule has 8 nitrogen and oxygen atoms in total. The predicted molar refractivity (Wildman–Crippen MR) is 94.6 cm³/mol. The number of nitrogen functional groups attached to an aromatic ring is 2. The standard InChI is InChI=1S/C15H20N8S/c1-8-18-10(7-24-8)6-23-4-2-9(3-5-23)13-19-11-12(16)20-15(17)22-14(11)21-13/h7,9H,2-6H2,1H3,(H5,16,17,19,20,21,22). The van der Waals surface area contributed by atoms with Crippen molar-refractivity contribution in [3.8, 4) is 0 Å². The van der Waals surface area contributed by atoms with Gasteiger partial charge in [0.25, 0.3) is 0 Å². The Morgan fingerprint density at radius 3 is 2.71 bits per heavy atom. The zero-order chi connectivity index (χ0) is 16.7. The number of fused-ring (bicyclic) bond motifs is 1. The molecular formula is C15H20N8S. The molecule has 5 N–H and O–H groups in total. The number of aromatic amines is 1. The second kappa shape index (κ2) is 5.99. The Hall–Kier alpha value is -2.26. The molecule has 1 aliphatic rings. The number of nitrogens with two attached hydrogens (primary N) is 2. The summed E-state index contributed by atoms with van der Waals surface area (Å²) in [7, 11) is 0. The van der Waals surface area contributed by atoms with Crippen molar-refractivity contribution in [3.63, 3.8) is 0 Å². The number of hydrogen-bond acceptors (Lipinski definition) is 8. The molecule has 0 bridgehead atoms. The van der Waals surface area contributed by atoms with Crippen molar-refractivity contribution in [3.05, 3.63) is 21.9 Å². The molecule has 0 aliphatic carbocycles. The van der Waals surface area contributed by atoms with Gasteiger partial charge in [-0.2, -0.15) is 9.97 Å². The van der Waals surface area contributed by atoms with Crippen LogP contribution >= 0.6 is 11.3 Å². The number of piperidine rings is 1. The second-order valence-corrected chi connectivity index (χ2v) is 7.26. The van der Waals surface area contributed by atoms with Gasteiger partial charge in [-0.15, -0.1) is 11.3 Å². The molecule has 0 atom stereocenters. The van der Waals surface area contributed by atoms with Gasteiger partial charge >= 0.3 is 0 Å². The molecule has 126 valence electrons. The number of nitrogens with one attached hydrogen (secondary N) is 1. The fourth-order valence-electron chi connectivity index (χ4n) is 3.22. The summed E-state index contributed by atoms with van der Waals surface area (Å²) < 4.78 is 0. The number of hydrogen-bond donors (Lipinski definition) is 3. The molecule has 0 saturated carbocycles. The van der Waals surface area contributed by atoms with Crippen LogP contribution in [0.25, 0.3) is 11.2 Å². The Balaban J connectivity index is 1.45. The first kappa shape index (κ1) is 15.3. The normalized spacial score (nSPS) is 16.9. The lowest BCUT2D eigenvalue weighted by Gasteiger charge is -2.30. The van der Waals surface area contributed by atoms with Crippen LogP contribution in [0.3, 0.4) is 0 Å². The van der Waals surface area contributed by atoms with E-state index in [0.717, 1.165) is 43.3 Å². The molecule has 0 radical (unpaired) electrons. The van der Waals surface area contributed by atoms with Crippen molar-refractivity contribution in [1.82, 2.24) is 29.8 Å². The first-order chi connectivity index (χ1) is 11.6. The quantitative estimate of drug-likeness (QED) is 0.660. The maximum atomic E-state index is 5.89. The first-order valence-corrected chi connectivity index (χ1v) is 8.88. The molecule has 0 aromatic carbocycles. The molecule has 0 unspecified atom stereocenters. The fraction of sp³-hybridized carbons (Fsp3) is 0.467. The number of rotatable bonds is 3. The van der Waals surface area contributed by atoms with Crippen LogP contribution in [0, 0.1) is 6.92 Å². The molecular weight excluding hydrogens is 324 g/mol. The average molecular weight is 344 g/mol. The van der Waals surface area contributed by atoms with E-state index in [0.29, 0.717) is 22.9 Å². The SMILES string of the molecule is Cc1nc(CN2CCC(c3nc4nc(N)nc(N)c4[nH]3)CC2)cs1. The Bertz CT molecular complexity index is 862. The van der Waals surface area contributed by atoms with Crippen LogP contribution < -0.4 is 11.5 Å². The summed E-state index contributed by atoms with van der Waals surface area (Å²) in [4.78, 5) is 23.0. The molecule has 0 spiro atoms. The smallest absolute Gasteiger partial charge is 0.224 e. The fourth-order valence-corrected chi connectivity index (χ4v) is 3.83. The highest BCUT2D eigenvalue weighted by atomic mass is 32.1. The number of anilines is 2. The monoisotopic (exact) mass is 344 g/mol. The second-order valence-electron chi connectivity index (χ2n) is 6.20. The van der Waals surface area contributed by atoms with E-state index in [1.807, 2.05) is 6.92 Å². The van der Waals surface area contributed by atoms with Crippen LogP contribution in [-0.2, 0) is 6.54 Å². The lowest BCUT2D eigenvalue weighted by molar-refractivity contribution is 0.200. The zero-order valence-corrected chi connectivity index (χ0v) is 14.3. The van der Waals surface area contributed by atoms with E-state index in [2.05, 4.69) is 35.2 Å². The molecule has 1 fully saturated rings. The van der Waals surface area contributed by atoms with Gasteiger partial charge in [-0.25, -0.2) is 9.97 Å². The highest BCUT2D eigenvalue weighted by molar-refractivity contribution is 7.09. The summed E-state index contributed by atoms with van der Waals surface area (Å²) in [6, 6.07) is 0. The summed E-state index contributed by atoms with van der Waals surface area (Å²) in [5, 5.41) is 3.27. The maximum Gasteiger partial charge on any atom is 0.224 e. The Morgan fingerprint density at radius 2 is 2.00 bits per heavy atom. The third kappa shape index (κ3) is 2.92. The van der Waals surface area contributed by atoms with Crippen molar-refractivity contribution in [2.75, 3.05) is 24.6 Å². The number of aryl methyl sites for hydroxylation is 1. The van der Waals surface area contributed by atoms with Crippen molar-refractivity contribution >= 4 is 34.3 Å². The minimum Gasteiger partial charge on any atom is -0.382 e. The number of nitrogens with zero attached hydrogens (tertiary/aromatic N) is 5. The van der Waals surface area contributed by atoms with Gasteiger partial charge in [-0.1, -0.05) is 0 Å². The van der Waals surface area contributed by atoms with Gasteiger partial charge in [0.1, 0.15) is 11.3 Å². The number of aromatic nitrogens is 5. The molecule has 0 amide bonds. The largest absolute Gasteiger partial charge is 0.382 e. The first-order valence-electron chi connectivity index (χ1n) is 8.00. The third-order valence-corrected chi connectivity index (χ3v) is 5.26. The highest BCUT2D eigenvalue weighted by Gasteiger charge is 2.24. The number of H-pyrrole nitrogens is 1. The van der Waals surface area contributed by atoms with E-state index in [1.54, 1.807) is 11.3 Å². The molecule has 1 aliphatic heterocycles. The number of likely N-dealkylation sites (tertiary alicyclic amines) is 1. The Labute approximate surface area is 143 Å². The van der Waals surface area contributed by atoms with Crippen molar-refractivity contribution in [1.29, 1.82) is 0 Å². The summed E-state index contributed by atoms with van der Waals surface area (Å²) in [5.74, 6) is 1.83. The Morgan fingerprint density at radius 1 is 1.21 bits per heavy atom. The molecule has 3 aromatic rings. The van der Waals surface area contributed by atoms with Gasteiger partial charge < -0.3 is 16.5 Å². The molecule has 3 aromatic heterocycles. The lowest BCUT2D eigenvalue weighted by atomic mass is 9.96. The molecule has 24 heavy (non-hydrogen) atoms. The van der Waals surface area contributed by atoms with E-state index >= 15 is 0 Å². The highest BCUT2D eigenvalue weighted by Crippen LogP contribution is 2.29. The van der Waals surface area contributed by atoms with Crippen LogP contribution in [0.15, 0.2) is 5.38 Å². The molecule has 9 heteroatoms. The minimum atomic E-state index is 0.159. The van der Waals surface area contributed by atoms with E-state index in [4.69, 9.17) is 11.5 Å². The zero-order valence-electron chi connectivity index (χ0n) is 13.5. The van der Waals surface area contributed by atoms with Gasteiger partial charge in [-0.3, -0.25) is 4.90 Å². The van der Waals surface area contributed by atoms with E-state index < -0.39 is 0 Å². The van der Waals surface area contributed by atoms with E-state index in [9.17, 15) is 0 Å². The molecule has 1 saturated heterocycles. The number of thiazole rings is 1. The van der Waals surface area contributed by atoms with Crippen molar-refractivity contribution < 1.29 is 0 Å². The summed E-state index contributed by atoms with van der Waals surface area (Å²) in [5.41, 5.74) is 13.9. The van der Waals surface area contributed by atoms with E-state index in [-0.39, 0.29) is 5.95 Å². The van der Waals surface area contributed by atoms with Crippen molar-refractivity contribution in [2.24, 2.45) is 0 Å². The van der Waals surface area contributed by atoms with Gasteiger partial charge in [0.15, 0.2) is 11.5 Å². The summed E-state index contributed by atoms with van der Waals surface area (Å²) in [6.07, 6.45) is 2.09. The average Bonchev–Trinajstić information content (AvgIpc) is 3.14. The third-order valence-electron chi connectivity index (χ3n) is 4.44. The van der Waals surface area contributed by atoms with Gasteiger partial charge in [-0.05, 0) is 32.9 Å². The lowest BCUT2D eigenvalue weighted by Crippen LogP contribution is -2.32. The van der Waals surface area contributed by atoms with Crippen LogP contribution in [0.5, 0.6) is 0 Å². The topological polar surface area (TPSA) is 123 Å². The van der Waals surface area contributed by atoms with Crippen molar-refractivity contribution in [2.45, 2.75) is 32.2 Å². The Kier molecular flexibility index (Phi) is 3.81. The summed E-state index contributed by atoms with van der Waals surface area (Å²) in [6.45, 7) is 5.03. The van der Waals surface area contributed by atoms with Crippen LogP contribution in [0.2, 0.25) is 0 Å². The predicted octanol–water partition coefficient (Wildman–Crippen LogP) is 1.66.